The molecule has 2 heteroatoms. The van der Waals surface area contributed by atoms with E-state index in [4.69, 9.17) is 4.98 Å². The Bertz CT molecular complexity index is 2180. The highest BCUT2D eigenvalue weighted by Gasteiger charge is 2.19. The van der Waals surface area contributed by atoms with Crippen LogP contribution < -0.4 is 0 Å². The van der Waals surface area contributed by atoms with Gasteiger partial charge in [-0.3, -0.25) is 9.97 Å². The van der Waals surface area contributed by atoms with Crippen LogP contribution in [0.4, 0.5) is 0 Å². The summed E-state index contributed by atoms with van der Waals surface area (Å²) in [5, 5.41) is 0. The van der Waals surface area contributed by atoms with Crippen molar-refractivity contribution < 1.29 is 0 Å². The summed E-state index contributed by atoms with van der Waals surface area (Å²) in [7, 11) is 0. The lowest BCUT2D eigenvalue weighted by atomic mass is 9.80. The fourth-order valence-corrected chi connectivity index (χ4v) is 7.09. The normalized spacial score (nSPS) is 12.8. The topological polar surface area (TPSA) is 25.8 Å². The van der Waals surface area contributed by atoms with E-state index in [1.807, 2.05) is 24.5 Å². The lowest BCUT2D eigenvalue weighted by Gasteiger charge is -2.25. The fraction of sp³-hybridized carbons (Fsp3) is 0.149. The summed E-state index contributed by atoms with van der Waals surface area (Å²) in [5.74, 6) is 0.756. The molecular formula is C47H40N2. The molecule has 2 aromatic heterocycles. The molecule has 2 heterocycles. The molecule has 5 aromatic carbocycles. The van der Waals surface area contributed by atoms with Crippen molar-refractivity contribution in [2.24, 2.45) is 0 Å². The maximum atomic E-state index is 4.74. The smallest absolute Gasteiger partial charge is 0.0708 e. The van der Waals surface area contributed by atoms with E-state index in [9.17, 15) is 0 Å². The van der Waals surface area contributed by atoms with Gasteiger partial charge < -0.3 is 0 Å². The van der Waals surface area contributed by atoms with Gasteiger partial charge in [-0.05, 0) is 113 Å². The van der Waals surface area contributed by atoms with Gasteiger partial charge in [0.2, 0.25) is 0 Å². The van der Waals surface area contributed by atoms with Crippen LogP contribution in [0.5, 0.6) is 0 Å². The average Bonchev–Trinajstić information content (AvgIpc) is 3.14. The fourth-order valence-electron chi connectivity index (χ4n) is 7.09. The predicted octanol–water partition coefficient (Wildman–Crippen LogP) is 12.2. The number of pyridine rings is 2. The first kappa shape index (κ1) is 30.7. The summed E-state index contributed by atoms with van der Waals surface area (Å²) in [6, 6.07) is 53.0. The number of hydrogen-bond donors (Lipinski definition) is 0. The highest BCUT2D eigenvalue weighted by Crippen LogP contribution is 2.38. The van der Waals surface area contributed by atoms with Crippen LogP contribution in [0.2, 0.25) is 0 Å². The second-order valence-corrected chi connectivity index (χ2v) is 13.4. The molecule has 0 radical (unpaired) electrons. The lowest BCUT2D eigenvalue weighted by molar-refractivity contribution is 0.420. The minimum Gasteiger partial charge on any atom is -0.256 e. The molecule has 1 saturated carbocycles. The molecule has 8 rings (SSSR count). The zero-order valence-electron chi connectivity index (χ0n) is 28.0. The van der Waals surface area contributed by atoms with Crippen LogP contribution in [0, 0.1) is 6.92 Å². The first-order chi connectivity index (χ1) is 24.2. The molecule has 1 fully saturated rings. The molecule has 2 nitrogen and oxygen atoms in total. The highest BCUT2D eigenvalue weighted by molar-refractivity contribution is 5.85. The number of aromatic nitrogens is 2. The van der Waals surface area contributed by atoms with Crippen molar-refractivity contribution in [3.05, 3.63) is 180 Å². The third kappa shape index (κ3) is 6.87. The van der Waals surface area contributed by atoms with Gasteiger partial charge in [0, 0.05) is 23.5 Å². The number of aryl methyl sites for hydroxylation is 3. The third-order valence-electron chi connectivity index (χ3n) is 10.1. The van der Waals surface area contributed by atoms with Gasteiger partial charge in [0.25, 0.3) is 0 Å². The van der Waals surface area contributed by atoms with E-state index in [0.717, 1.165) is 41.3 Å². The Morgan fingerprint density at radius 2 is 1.10 bits per heavy atom. The summed E-state index contributed by atoms with van der Waals surface area (Å²) < 4.78 is 0. The van der Waals surface area contributed by atoms with Crippen LogP contribution in [0.1, 0.15) is 47.4 Å². The van der Waals surface area contributed by atoms with E-state index in [1.54, 1.807) is 0 Å². The van der Waals surface area contributed by atoms with Gasteiger partial charge in [-0.1, -0.05) is 133 Å². The van der Waals surface area contributed by atoms with Gasteiger partial charge >= 0.3 is 0 Å². The molecule has 0 aliphatic heterocycles. The number of rotatable bonds is 9. The summed E-state index contributed by atoms with van der Waals surface area (Å²) >= 11 is 0. The zero-order valence-corrected chi connectivity index (χ0v) is 28.0. The van der Waals surface area contributed by atoms with E-state index < -0.39 is 0 Å². The molecule has 49 heavy (non-hydrogen) atoms. The number of hydrogen-bond acceptors (Lipinski definition) is 2. The van der Waals surface area contributed by atoms with Crippen molar-refractivity contribution >= 4 is 0 Å². The molecule has 1 aliphatic rings. The van der Waals surface area contributed by atoms with Gasteiger partial charge in [-0.15, -0.1) is 0 Å². The van der Waals surface area contributed by atoms with Crippen LogP contribution >= 0.6 is 0 Å². The Balaban J connectivity index is 0.999. The molecule has 238 valence electrons. The van der Waals surface area contributed by atoms with Crippen LogP contribution in [0.15, 0.2) is 158 Å². The van der Waals surface area contributed by atoms with Crippen LogP contribution in [-0.2, 0) is 12.8 Å². The van der Waals surface area contributed by atoms with Crippen molar-refractivity contribution in [2.75, 3.05) is 0 Å². The molecule has 0 N–H and O–H groups in total. The summed E-state index contributed by atoms with van der Waals surface area (Å²) in [6.07, 6.45) is 9.78. The molecule has 0 unspecified atom stereocenters. The molecule has 1 aliphatic carbocycles. The monoisotopic (exact) mass is 632 g/mol. The van der Waals surface area contributed by atoms with Crippen LogP contribution in [-0.4, -0.2) is 9.97 Å². The summed E-state index contributed by atoms with van der Waals surface area (Å²) in [5.41, 5.74) is 17.2. The SMILES string of the molecule is Cc1cc(CCc2ccc(-c3ccccn3)cc2)cc(-c2ccccc2-c2ccc(-c3cc(-c4ccc(C5CCC5)cc4)ccn3)cc2)c1. The number of nitrogens with zero attached hydrogens (tertiary/aromatic N) is 2. The second-order valence-electron chi connectivity index (χ2n) is 13.4. The van der Waals surface area contributed by atoms with Crippen molar-refractivity contribution in [3.8, 4) is 55.9 Å². The van der Waals surface area contributed by atoms with Gasteiger partial charge in [-0.2, -0.15) is 0 Å². The highest BCUT2D eigenvalue weighted by atomic mass is 14.7. The van der Waals surface area contributed by atoms with E-state index >= 15 is 0 Å². The zero-order chi connectivity index (χ0) is 33.0. The molecule has 0 bridgehead atoms. The molecule has 7 aromatic rings. The van der Waals surface area contributed by atoms with Crippen LogP contribution in [0.25, 0.3) is 55.9 Å². The molecule has 0 spiro atoms. The van der Waals surface area contributed by atoms with Crippen LogP contribution in [0.3, 0.4) is 0 Å². The lowest BCUT2D eigenvalue weighted by Crippen LogP contribution is -2.08. The molecule has 0 atom stereocenters. The Kier molecular flexibility index (Phi) is 8.69. The standard InChI is InChI=1S/C47H40N2/c1-33-29-35(13-12-34-14-16-40(17-15-34)46-11-4-5-27-48-46)31-43(30-33)45-10-3-2-9-44(45)39-22-24-41(25-23-39)47-32-42(26-28-49-47)38-20-18-37(19-21-38)36-7-6-8-36/h2-5,9-11,14-32,36H,6-8,12-13H2,1H3. The second kappa shape index (κ2) is 13.9. The van der Waals surface area contributed by atoms with Gasteiger partial charge in [0.05, 0.1) is 11.4 Å². The van der Waals surface area contributed by atoms with E-state index in [0.29, 0.717) is 0 Å². The number of benzene rings is 5. The van der Waals surface area contributed by atoms with Crippen molar-refractivity contribution in [1.82, 2.24) is 9.97 Å². The first-order valence-corrected chi connectivity index (χ1v) is 17.5. The van der Waals surface area contributed by atoms with E-state index in [-0.39, 0.29) is 0 Å². The van der Waals surface area contributed by atoms with Crippen molar-refractivity contribution in [1.29, 1.82) is 0 Å². The van der Waals surface area contributed by atoms with E-state index in [1.165, 1.54) is 74.9 Å². The minimum absolute atomic E-state index is 0.756. The summed E-state index contributed by atoms with van der Waals surface area (Å²) in [6.45, 7) is 2.20. The van der Waals surface area contributed by atoms with Crippen molar-refractivity contribution in [3.63, 3.8) is 0 Å². The van der Waals surface area contributed by atoms with E-state index in [2.05, 4.69) is 145 Å². The largest absolute Gasteiger partial charge is 0.256 e. The van der Waals surface area contributed by atoms with Gasteiger partial charge in [-0.25, -0.2) is 0 Å². The summed E-state index contributed by atoms with van der Waals surface area (Å²) in [4.78, 5) is 9.23. The predicted molar refractivity (Wildman–Crippen MR) is 204 cm³/mol. The quantitative estimate of drug-likeness (QED) is 0.158. The van der Waals surface area contributed by atoms with Gasteiger partial charge in [0.1, 0.15) is 0 Å². The van der Waals surface area contributed by atoms with Gasteiger partial charge in [0.15, 0.2) is 0 Å². The Morgan fingerprint density at radius 3 is 1.82 bits per heavy atom. The molecule has 0 amide bonds. The maximum absolute atomic E-state index is 4.74. The Morgan fingerprint density at radius 1 is 0.469 bits per heavy atom. The molecule has 0 saturated heterocycles. The molecular weight excluding hydrogens is 593 g/mol. The Hall–Kier alpha value is -5.60. The minimum atomic E-state index is 0.756. The third-order valence-corrected chi connectivity index (χ3v) is 10.1. The van der Waals surface area contributed by atoms with Crippen molar-refractivity contribution in [2.45, 2.75) is 44.9 Å². The average molecular weight is 633 g/mol. The Labute approximate surface area is 290 Å². The maximum Gasteiger partial charge on any atom is 0.0708 e. The first-order valence-electron chi connectivity index (χ1n) is 17.5.